The summed E-state index contributed by atoms with van der Waals surface area (Å²) in [5.41, 5.74) is 0.640. The van der Waals surface area contributed by atoms with Gasteiger partial charge in [0.25, 0.3) is 0 Å². The molecule has 0 spiro atoms. The molecule has 3 rings (SSSR count). The topological polar surface area (TPSA) is 40.5 Å². The first kappa shape index (κ1) is 11.7. The van der Waals surface area contributed by atoms with Crippen molar-refractivity contribution in [1.82, 2.24) is 4.90 Å². The molecule has 96 valence electrons. The van der Waals surface area contributed by atoms with Crippen molar-refractivity contribution < 1.29 is 9.90 Å². The molecule has 0 amide bonds. The highest BCUT2D eigenvalue weighted by Crippen LogP contribution is 2.47. The molecule has 0 aromatic heterocycles. The molecule has 1 aliphatic carbocycles. The highest BCUT2D eigenvalue weighted by atomic mass is 16.4. The standard InChI is InChI=1S/C15H19NO2/c17-14(18)15-9-4-7-13(15)8-10-16(15)11-12-5-2-1-3-6-12/h1-3,5-6,13H,4,7-11H2,(H,17,18)/t13-,15-/m1/s1. The average molecular weight is 245 g/mol. The van der Waals surface area contributed by atoms with Gasteiger partial charge in [0.15, 0.2) is 0 Å². The Bertz CT molecular complexity index is 445. The van der Waals surface area contributed by atoms with Gasteiger partial charge in [-0.2, -0.15) is 0 Å². The lowest BCUT2D eigenvalue weighted by atomic mass is 9.88. The highest BCUT2D eigenvalue weighted by Gasteiger charge is 2.56. The summed E-state index contributed by atoms with van der Waals surface area (Å²) in [5, 5.41) is 9.68. The smallest absolute Gasteiger partial charge is 0.324 e. The Balaban J connectivity index is 1.86. The van der Waals surface area contributed by atoms with Gasteiger partial charge in [-0.15, -0.1) is 0 Å². The van der Waals surface area contributed by atoms with Crippen LogP contribution in [0.25, 0.3) is 0 Å². The van der Waals surface area contributed by atoms with Crippen LogP contribution in [0.2, 0.25) is 0 Å². The Kier molecular flexibility index (Phi) is 2.86. The van der Waals surface area contributed by atoms with Crippen LogP contribution in [0.1, 0.15) is 31.2 Å². The largest absolute Gasteiger partial charge is 0.480 e. The molecule has 0 bridgehead atoms. The molecule has 0 unspecified atom stereocenters. The molecule has 1 saturated heterocycles. The second kappa shape index (κ2) is 4.39. The molecule has 2 atom stereocenters. The zero-order valence-corrected chi connectivity index (χ0v) is 10.5. The number of likely N-dealkylation sites (tertiary alicyclic amines) is 1. The van der Waals surface area contributed by atoms with Gasteiger partial charge in [-0.3, -0.25) is 9.69 Å². The molecule has 1 aliphatic heterocycles. The van der Waals surface area contributed by atoms with Crippen LogP contribution in [0.3, 0.4) is 0 Å². The van der Waals surface area contributed by atoms with E-state index < -0.39 is 11.5 Å². The second-order valence-electron chi connectivity index (χ2n) is 5.51. The van der Waals surface area contributed by atoms with E-state index in [0.29, 0.717) is 5.92 Å². The number of rotatable bonds is 3. The molecular weight excluding hydrogens is 226 g/mol. The van der Waals surface area contributed by atoms with E-state index in [9.17, 15) is 9.90 Å². The highest BCUT2D eigenvalue weighted by molar-refractivity contribution is 5.80. The molecule has 3 heteroatoms. The predicted octanol–water partition coefficient (Wildman–Crippen LogP) is 2.52. The van der Waals surface area contributed by atoms with Gasteiger partial charge >= 0.3 is 5.97 Å². The summed E-state index contributed by atoms with van der Waals surface area (Å²) in [6.07, 6.45) is 4.00. The predicted molar refractivity (Wildman–Crippen MR) is 69.2 cm³/mol. The van der Waals surface area contributed by atoms with Gasteiger partial charge in [-0.05, 0) is 37.3 Å². The maximum atomic E-state index is 11.8. The fraction of sp³-hybridized carbons (Fsp3) is 0.533. The van der Waals surface area contributed by atoms with E-state index >= 15 is 0 Å². The fourth-order valence-corrected chi connectivity index (χ4v) is 3.81. The number of hydrogen-bond acceptors (Lipinski definition) is 2. The SMILES string of the molecule is O=C(O)[C@@]12CCC[C@@H]1CCN2Cc1ccccc1. The van der Waals surface area contributed by atoms with Gasteiger partial charge in [-0.1, -0.05) is 36.8 Å². The number of carbonyl (C=O) groups is 1. The minimum atomic E-state index is -0.613. The summed E-state index contributed by atoms with van der Waals surface area (Å²) in [6.45, 7) is 1.69. The van der Waals surface area contributed by atoms with Crippen molar-refractivity contribution in [3.63, 3.8) is 0 Å². The first-order valence-electron chi connectivity index (χ1n) is 6.76. The third-order valence-electron chi connectivity index (χ3n) is 4.68. The molecule has 2 aliphatic rings. The lowest BCUT2D eigenvalue weighted by Gasteiger charge is -2.34. The number of benzene rings is 1. The fourth-order valence-electron chi connectivity index (χ4n) is 3.81. The molecule has 0 radical (unpaired) electrons. The van der Waals surface area contributed by atoms with Crippen molar-refractivity contribution in [1.29, 1.82) is 0 Å². The molecule has 1 saturated carbocycles. The van der Waals surface area contributed by atoms with Crippen LogP contribution in [0.5, 0.6) is 0 Å². The normalized spacial score (nSPS) is 31.4. The van der Waals surface area contributed by atoms with Crippen molar-refractivity contribution in [2.75, 3.05) is 6.54 Å². The third-order valence-corrected chi connectivity index (χ3v) is 4.68. The zero-order chi connectivity index (χ0) is 12.6. The van der Waals surface area contributed by atoms with Gasteiger partial charge in [0.05, 0.1) is 0 Å². The lowest BCUT2D eigenvalue weighted by molar-refractivity contribution is -0.151. The van der Waals surface area contributed by atoms with Crippen molar-refractivity contribution in [2.45, 2.75) is 37.8 Å². The summed E-state index contributed by atoms with van der Waals surface area (Å²) < 4.78 is 0. The van der Waals surface area contributed by atoms with E-state index in [1.165, 1.54) is 5.56 Å². The van der Waals surface area contributed by atoms with Gasteiger partial charge in [0, 0.05) is 6.54 Å². The molecule has 2 fully saturated rings. The van der Waals surface area contributed by atoms with E-state index in [0.717, 1.165) is 38.8 Å². The number of fused-ring (bicyclic) bond motifs is 1. The average Bonchev–Trinajstić information content (AvgIpc) is 2.92. The van der Waals surface area contributed by atoms with Gasteiger partial charge < -0.3 is 5.11 Å². The second-order valence-corrected chi connectivity index (χ2v) is 5.51. The van der Waals surface area contributed by atoms with Gasteiger partial charge in [0.1, 0.15) is 5.54 Å². The molecule has 1 N–H and O–H groups in total. The maximum absolute atomic E-state index is 11.8. The summed E-state index contributed by atoms with van der Waals surface area (Å²) >= 11 is 0. The van der Waals surface area contributed by atoms with Crippen LogP contribution < -0.4 is 0 Å². The van der Waals surface area contributed by atoms with Gasteiger partial charge in [-0.25, -0.2) is 0 Å². The van der Waals surface area contributed by atoms with Crippen LogP contribution in [0, 0.1) is 5.92 Å². The summed E-state index contributed by atoms with van der Waals surface area (Å²) in [7, 11) is 0. The number of carboxylic acid groups (broad SMARTS) is 1. The minimum Gasteiger partial charge on any atom is -0.480 e. The van der Waals surface area contributed by atoms with Crippen LogP contribution >= 0.6 is 0 Å². The lowest BCUT2D eigenvalue weighted by Crippen LogP contribution is -2.51. The summed E-state index contributed by atoms with van der Waals surface area (Å²) in [4.78, 5) is 14.0. The summed E-state index contributed by atoms with van der Waals surface area (Å²) in [5.74, 6) is -0.253. The quantitative estimate of drug-likeness (QED) is 0.889. The number of carboxylic acids is 1. The first-order chi connectivity index (χ1) is 8.73. The van der Waals surface area contributed by atoms with E-state index in [4.69, 9.17) is 0 Å². The zero-order valence-electron chi connectivity index (χ0n) is 10.5. The molecular formula is C15H19NO2. The van der Waals surface area contributed by atoms with Crippen LogP contribution in [0.4, 0.5) is 0 Å². The third kappa shape index (κ3) is 1.65. The minimum absolute atomic E-state index is 0.360. The van der Waals surface area contributed by atoms with E-state index in [2.05, 4.69) is 17.0 Å². The van der Waals surface area contributed by atoms with E-state index in [1.54, 1.807) is 0 Å². The Hall–Kier alpha value is -1.35. The molecule has 1 heterocycles. The van der Waals surface area contributed by atoms with Crippen LogP contribution in [0.15, 0.2) is 30.3 Å². The van der Waals surface area contributed by atoms with Crippen LogP contribution in [-0.4, -0.2) is 28.1 Å². The number of aliphatic carboxylic acids is 1. The van der Waals surface area contributed by atoms with Crippen molar-refractivity contribution in [3.8, 4) is 0 Å². The van der Waals surface area contributed by atoms with Gasteiger partial charge in [0.2, 0.25) is 0 Å². The van der Waals surface area contributed by atoms with Crippen molar-refractivity contribution >= 4 is 5.97 Å². The molecule has 3 nitrogen and oxygen atoms in total. The Morgan fingerprint density at radius 3 is 2.83 bits per heavy atom. The summed E-state index contributed by atoms with van der Waals surface area (Å²) in [6, 6.07) is 10.2. The van der Waals surface area contributed by atoms with Crippen molar-refractivity contribution in [3.05, 3.63) is 35.9 Å². The number of hydrogen-bond donors (Lipinski definition) is 1. The molecule has 1 aromatic carbocycles. The van der Waals surface area contributed by atoms with Crippen molar-refractivity contribution in [2.24, 2.45) is 5.92 Å². The van der Waals surface area contributed by atoms with E-state index in [-0.39, 0.29) is 0 Å². The molecule has 18 heavy (non-hydrogen) atoms. The van der Waals surface area contributed by atoms with E-state index in [1.807, 2.05) is 18.2 Å². The Labute approximate surface area is 107 Å². The number of nitrogens with zero attached hydrogens (tertiary/aromatic N) is 1. The van der Waals surface area contributed by atoms with Crippen LogP contribution in [-0.2, 0) is 11.3 Å². The first-order valence-corrected chi connectivity index (χ1v) is 6.76. The monoisotopic (exact) mass is 245 g/mol. The Morgan fingerprint density at radius 2 is 2.11 bits per heavy atom. The maximum Gasteiger partial charge on any atom is 0.324 e. The Morgan fingerprint density at radius 1 is 1.33 bits per heavy atom. The molecule has 1 aromatic rings.